The van der Waals surface area contributed by atoms with Crippen LogP contribution in [0.5, 0.6) is 0 Å². The van der Waals surface area contributed by atoms with Crippen molar-refractivity contribution in [2.24, 2.45) is 0 Å². The molecule has 4 nitrogen and oxygen atoms in total. The summed E-state index contributed by atoms with van der Waals surface area (Å²) < 4.78 is 0.886. The molecule has 0 aliphatic carbocycles. The van der Waals surface area contributed by atoms with E-state index in [0.717, 1.165) is 28.7 Å². The van der Waals surface area contributed by atoms with Crippen LogP contribution >= 0.6 is 15.9 Å². The van der Waals surface area contributed by atoms with E-state index in [1.165, 1.54) is 5.69 Å². The standard InChI is InChI=1S/C18H22BrN3O/c1-14-9-10-17(16(19)13-14)21-18(23)20-11-6-12-22(2)15-7-4-3-5-8-15/h3-5,7-10,13H,6,11-12H2,1-2H3,(H2,20,21,23). The zero-order chi connectivity index (χ0) is 16.7. The Kier molecular flexibility index (Phi) is 6.47. The Morgan fingerprint density at radius 1 is 1.17 bits per heavy atom. The first-order valence-corrected chi connectivity index (χ1v) is 8.43. The lowest BCUT2D eigenvalue weighted by Crippen LogP contribution is -2.31. The number of benzene rings is 2. The van der Waals surface area contributed by atoms with Crippen LogP contribution in [0.3, 0.4) is 0 Å². The topological polar surface area (TPSA) is 44.4 Å². The first kappa shape index (κ1) is 17.3. The second-order valence-corrected chi connectivity index (χ2v) is 6.33. The third-order valence-corrected chi connectivity index (χ3v) is 4.18. The zero-order valence-electron chi connectivity index (χ0n) is 13.5. The van der Waals surface area contributed by atoms with E-state index in [-0.39, 0.29) is 6.03 Å². The fourth-order valence-corrected chi connectivity index (χ4v) is 2.81. The Labute approximate surface area is 146 Å². The number of nitrogens with one attached hydrogen (secondary N) is 2. The predicted molar refractivity (Wildman–Crippen MR) is 100 cm³/mol. The van der Waals surface area contributed by atoms with Gasteiger partial charge in [-0.2, -0.15) is 0 Å². The molecule has 0 spiro atoms. The molecule has 2 aromatic carbocycles. The van der Waals surface area contributed by atoms with Gasteiger partial charge in [-0.15, -0.1) is 0 Å². The number of rotatable bonds is 6. The van der Waals surface area contributed by atoms with Crippen molar-refractivity contribution in [2.45, 2.75) is 13.3 Å². The summed E-state index contributed by atoms with van der Waals surface area (Å²) in [5.74, 6) is 0. The van der Waals surface area contributed by atoms with Gasteiger partial charge in [0.25, 0.3) is 0 Å². The number of amides is 2. The third kappa shape index (κ3) is 5.60. The minimum Gasteiger partial charge on any atom is -0.375 e. The predicted octanol–water partition coefficient (Wildman–Crippen LogP) is 4.41. The van der Waals surface area contributed by atoms with Gasteiger partial charge in [-0.05, 0) is 59.1 Å². The zero-order valence-corrected chi connectivity index (χ0v) is 15.1. The van der Waals surface area contributed by atoms with Gasteiger partial charge in [0, 0.05) is 30.3 Å². The summed E-state index contributed by atoms with van der Waals surface area (Å²) in [7, 11) is 2.05. The van der Waals surface area contributed by atoms with E-state index in [1.54, 1.807) is 0 Å². The van der Waals surface area contributed by atoms with Crippen molar-refractivity contribution in [3.05, 3.63) is 58.6 Å². The molecule has 23 heavy (non-hydrogen) atoms. The maximum absolute atomic E-state index is 11.9. The molecular formula is C18H22BrN3O. The number of urea groups is 1. The fraction of sp³-hybridized carbons (Fsp3) is 0.278. The van der Waals surface area contributed by atoms with Crippen LogP contribution < -0.4 is 15.5 Å². The maximum Gasteiger partial charge on any atom is 0.319 e. The average Bonchev–Trinajstić information content (AvgIpc) is 2.55. The van der Waals surface area contributed by atoms with Gasteiger partial charge in [0.2, 0.25) is 0 Å². The Balaban J connectivity index is 1.71. The van der Waals surface area contributed by atoms with Crippen LogP contribution in [0.2, 0.25) is 0 Å². The van der Waals surface area contributed by atoms with E-state index < -0.39 is 0 Å². The number of carbonyl (C=O) groups excluding carboxylic acids is 1. The molecule has 0 unspecified atom stereocenters. The van der Waals surface area contributed by atoms with Crippen molar-refractivity contribution in [1.29, 1.82) is 0 Å². The van der Waals surface area contributed by atoms with Gasteiger partial charge in [-0.25, -0.2) is 4.79 Å². The lowest BCUT2D eigenvalue weighted by Gasteiger charge is -2.19. The Morgan fingerprint density at radius 3 is 2.61 bits per heavy atom. The van der Waals surface area contributed by atoms with Crippen LogP contribution in [0.4, 0.5) is 16.2 Å². The first-order valence-electron chi connectivity index (χ1n) is 7.63. The largest absolute Gasteiger partial charge is 0.375 e. The van der Waals surface area contributed by atoms with E-state index in [2.05, 4.69) is 50.6 Å². The van der Waals surface area contributed by atoms with Crippen molar-refractivity contribution in [1.82, 2.24) is 5.32 Å². The molecule has 5 heteroatoms. The normalized spacial score (nSPS) is 10.2. The lowest BCUT2D eigenvalue weighted by molar-refractivity contribution is 0.252. The van der Waals surface area contributed by atoms with Crippen LogP contribution in [0.25, 0.3) is 0 Å². The number of aryl methyl sites for hydroxylation is 1. The first-order chi connectivity index (χ1) is 11.1. The van der Waals surface area contributed by atoms with Gasteiger partial charge in [0.05, 0.1) is 5.69 Å². The second-order valence-electron chi connectivity index (χ2n) is 5.47. The lowest BCUT2D eigenvalue weighted by atomic mass is 10.2. The van der Waals surface area contributed by atoms with Crippen molar-refractivity contribution in [3.63, 3.8) is 0 Å². The van der Waals surface area contributed by atoms with E-state index in [4.69, 9.17) is 0 Å². The number of carbonyl (C=O) groups is 1. The molecule has 0 aliphatic heterocycles. The highest BCUT2D eigenvalue weighted by atomic mass is 79.9. The molecule has 0 fully saturated rings. The second kappa shape index (κ2) is 8.58. The SMILES string of the molecule is Cc1ccc(NC(=O)NCCCN(C)c2ccccc2)c(Br)c1. The summed E-state index contributed by atoms with van der Waals surface area (Å²) in [5.41, 5.74) is 3.10. The molecule has 0 saturated heterocycles. The van der Waals surface area contributed by atoms with Crippen LogP contribution in [0.15, 0.2) is 53.0 Å². The van der Waals surface area contributed by atoms with Gasteiger partial charge in [0.1, 0.15) is 0 Å². The average molecular weight is 376 g/mol. The van der Waals surface area contributed by atoms with Crippen LogP contribution in [-0.2, 0) is 0 Å². The molecule has 0 saturated carbocycles. The minimum absolute atomic E-state index is 0.183. The van der Waals surface area contributed by atoms with Gasteiger partial charge < -0.3 is 15.5 Å². The number of nitrogens with zero attached hydrogens (tertiary/aromatic N) is 1. The number of para-hydroxylation sites is 1. The summed E-state index contributed by atoms with van der Waals surface area (Å²) in [6.07, 6.45) is 0.883. The number of halogens is 1. The summed E-state index contributed by atoms with van der Waals surface area (Å²) in [6, 6.07) is 15.9. The van der Waals surface area contributed by atoms with E-state index in [0.29, 0.717) is 6.54 Å². The monoisotopic (exact) mass is 375 g/mol. The van der Waals surface area contributed by atoms with E-state index in [1.807, 2.05) is 43.3 Å². The fourth-order valence-electron chi connectivity index (χ4n) is 2.22. The van der Waals surface area contributed by atoms with Gasteiger partial charge in [0.15, 0.2) is 0 Å². The Morgan fingerprint density at radius 2 is 1.91 bits per heavy atom. The number of hydrogen-bond acceptors (Lipinski definition) is 2. The highest BCUT2D eigenvalue weighted by Crippen LogP contribution is 2.23. The summed E-state index contributed by atoms with van der Waals surface area (Å²) in [5, 5.41) is 5.73. The molecule has 0 atom stereocenters. The van der Waals surface area contributed by atoms with Crippen molar-refractivity contribution in [3.8, 4) is 0 Å². The van der Waals surface area contributed by atoms with Crippen molar-refractivity contribution in [2.75, 3.05) is 30.4 Å². The Bertz CT molecular complexity index is 646. The third-order valence-electron chi connectivity index (χ3n) is 3.53. The highest BCUT2D eigenvalue weighted by molar-refractivity contribution is 9.10. The molecule has 0 bridgehead atoms. The molecule has 2 rings (SSSR count). The molecule has 122 valence electrons. The molecule has 0 aliphatic rings. The van der Waals surface area contributed by atoms with Crippen molar-refractivity contribution < 1.29 is 4.79 Å². The number of anilines is 2. The molecule has 2 aromatic rings. The van der Waals surface area contributed by atoms with Gasteiger partial charge in [-0.1, -0.05) is 24.3 Å². The summed E-state index contributed by atoms with van der Waals surface area (Å²) >= 11 is 3.45. The molecule has 0 aromatic heterocycles. The van der Waals surface area contributed by atoms with E-state index >= 15 is 0 Å². The molecular weight excluding hydrogens is 354 g/mol. The Hall–Kier alpha value is -2.01. The van der Waals surface area contributed by atoms with Gasteiger partial charge in [-0.3, -0.25) is 0 Å². The molecule has 0 heterocycles. The van der Waals surface area contributed by atoms with Crippen LogP contribution in [0.1, 0.15) is 12.0 Å². The summed E-state index contributed by atoms with van der Waals surface area (Å²) in [6.45, 7) is 3.53. The van der Waals surface area contributed by atoms with Crippen LogP contribution in [0, 0.1) is 6.92 Å². The highest BCUT2D eigenvalue weighted by Gasteiger charge is 2.05. The van der Waals surface area contributed by atoms with Gasteiger partial charge >= 0.3 is 6.03 Å². The van der Waals surface area contributed by atoms with Crippen molar-refractivity contribution >= 4 is 33.3 Å². The molecule has 2 amide bonds. The maximum atomic E-state index is 11.9. The minimum atomic E-state index is -0.183. The smallest absolute Gasteiger partial charge is 0.319 e. The number of hydrogen-bond donors (Lipinski definition) is 2. The summed E-state index contributed by atoms with van der Waals surface area (Å²) in [4.78, 5) is 14.1. The van der Waals surface area contributed by atoms with E-state index in [9.17, 15) is 4.79 Å². The molecule has 0 radical (unpaired) electrons. The van der Waals surface area contributed by atoms with Crippen LogP contribution in [-0.4, -0.2) is 26.2 Å². The molecule has 2 N–H and O–H groups in total. The quantitative estimate of drug-likeness (QED) is 0.734.